The van der Waals surface area contributed by atoms with E-state index in [0.29, 0.717) is 6.07 Å². The van der Waals surface area contributed by atoms with Crippen molar-refractivity contribution in [2.45, 2.75) is 12.1 Å². The van der Waals surface area contributed by atoms with Crippen molar-refractivity contribution in [3.63, 3.8) is 0 Å². The average Bonchev–Trinajstić information content (AvgIpc) is 2.34. The third-order valence-corrected chi connectivity index (χ3v) is 2.49. The average molecular weight is 278 g/mol. The summed E-state index contributed by atoms with van der Waals surface area (Å²) in [4.78, 5) is 11.4. The fourth-order valence-electron chi connectivity index (χ4n) is 1.43. The number of hydrogen-bond acceptors (Lipinski definition) is 3. The maximum atomic E-state index is 12.8. The molecule has 18 heavy (non-hydrogen) atoms. The van der Waals surface area contributed by atoms with Gasteiger partial charge in [0.25, 0.3) is 0 Å². The number of benzene rings is 1. The number of carbonyl (C=O) groups is 1. The van der Waals surface area contributed by atoms with E-state index in [9.17, 15) is 18.0 Å². The molecule has 0 heterocycles. The number of methoxy groups -OCH3 is 1. The molecule has 0 aliphatic heterocycles. The van der Waals surface area contributed by atoms with Crippen molar-refractivity contribution in [3.05, 3.63) is 34.4 Å². The molecule has 0 aliphatic carbocycles. The molecule has 1 rings (SSSR count). The number of rotatable bonds is 2. The van der Waals surface area contributed by atoms with Crippen LogP contribution in [0.4, 0.5) is 13.2 Å². The lowest BCUT2D eigenvalue weighted by molar-refractivity contribution is -0.138. The van der Waals surface area contributed by atoms with Gasteiger partial charge in [-0.05, 0) is 17.7 Å². The second kappa shape index (κ2) is 5.27. The zero-order chi connectivity index (χ0) is 13.9. The Kier molecular flexibility index (Phi) is 4.19. The van der Waals surface area contributed by atoms with Crippen molar-refractivity contribution in [1.29, 1.82) is 5.26 Å². The molecule has 96 valence electrons. The monoisotopic (exact) mass is 277 g/mol. The molecule has 1 aromatic rings. The van der Waals surface area contributed by atoms with E-state index in [4.69, 9.17) is 16.9 Å². The molecular formula is C11H7ClF3NO2. The minimum Gasteiger partial charge on any atom is -0.465 e. The Morgan fingerprint density at radius 1 is 1.50 bits per heavy atom. The summed E-state index contributed by atoms with van der Waals surface area (Å²) >= 11 is 5.45. The van der Waals surface area contributed by atoms with Gasteiger partial charge >= 0.3 is 12.1 Å². The highest BCUT2D eigenvalue weighted by molar-refractivity contribution is 6.17. The largest absolute Gasteiger partial charge is 0.465 e. The lowest BCUT2D eigenvalue weighted by atomic mass is 9.98. The summed E-state index contributed by atoms with van der Waals surface area (Å²) in [5.74, 6) is -1.47. The van der Waals surface area contributed by atoms with Gasteiger partial charge in [0, 0.05) is 5.88 Å². The van der Waals surface area contributed by atoms with Gasteiger partial charge in [0.05, 0.1) is 29.9 Å². The predicted molar refractivity (Wildman–Crippen MR) is 57.1 cm³/mol. The van der Waals surface area contributed by atoms with E-state index in [1.807, 2.05) is 0 Å². The number of carbonyl (C=O) groups excluding carboxylic acids is 1. The molecule has 0 amide bonds. The van der Waals surface area contributed by atoms with Crippen LogP contribution in [-0.4, -0.2) is 13.1 Å². The second-order valence-corrected chi connectivity index (χ2v) is 3.55. The van der Waals surface area contributed by atoms with Crippen LogP contribution in [0.2, 0.25) is 0 Å². The summed E-state index contributed by atoms with van der Waals surface area (Å²) < 4.78 is 42.7. The first-order valence-electron chi connectivity index (χ1n) is 4.63. The highest BCUT2D eigenvalue weighted by atomic mass is 35.5. The molecule has 0 fully saturated rings. The number of nitriles is 1. The fraction of sp³-hybridized carbons (Fsp3) is 0.273. The van der Waals surface area contributed by atoms with Gasteiger partial charge in [0.1, 0.15) is 0 Å². The molecule has 0 aliphatic rings. The van der Waals surface area contributed by atoms with Gasteiger partial charge in [-0.2, -0.15) is 18.4 Å². The maximum Gasteiger partial charge on any atom is 0.416 e. The Balaban J connectivity index is 3.62. The molecule has 7 heteroatoms. The lowest BCUT2D eigenvalue weighted by Crippen LogP contribution is -2.14. The zero-order valence-corrected chi connectivity index (χ0v) is 9.89. The van der Waals surface area contributed by atoms with E-state index in [0.717, 1.165) is 13.2 Å². The molecule has 0 bridgehead atoms. The minimum absolute atomic E-state index is 0.281. The van der Waals surface area contributed by atoms with Crippen molar-refractivity contribution in [2.75, 3.05) is 7.11 Å². The van der Waals surface area contributed by atoms with E-state index in [1.165, 1.54) is 0 Å². The molecule has 1 aromatic carbocycles. The quantitative estimate of drug-likeness (QED) is 0.616. The summed E-state index contributed by atoms with van der Waals surface area (Å²) in [6.45, 7) is 0. The van der Waals surface area contributed by atoms with Gasteiger partial charge in [-0.15, -0.1) is 11.6 Å². The maximum absolute atomic E-state index is 12.8. The van der Waals surface area contributed by atoms with E-state index in [2.05, 4.69) is 4.74 Å². The molecule has 0 saturated carbocycles. The van der Waals surface area contributed by atoms with Crippen molar-refractivity contribution < 1.29 is 22.7 Å². The van der Waals surface area contributed by atoms with Crippen LogP contribution in [0.1, 0.15) is 27.0 Å². The van der Waals surface area contributed by atoms with E-state index >= 15 is 0 Å². The van der Waals surface area contributed by atoms with Crippen molar-refractivity contribution in [3.8, 4) is 6.07 Å². The first-order chi connectivity index (χ1) is 8.35. The first kappa shape index (κ1) is 14.3. The van der Waals surface area contributed by atoms with E-state index < -0.39 is 29.2 Å². The van der Waals surface area contributed by atoms with Gasteiger partial charge < -0.3 is 4.74 Å². The Labute approximate surface area is 106 Å². The molecular weight excluding hydrogens is 271 g/mol. The number of ether oxygens (including phenoxy) is 1. The second-order valence-electron chi connectivity index (χ2n) is 3.28. The lowest BCUT2D eigenvalue weighted by Gasteiger charge is -2.14. The number of hydrogen-bond donors (Lipinski definition) is 0. The number of alkyl halides is 4. The van der Waals surface area contributed by atoms with Crippen LogP contribution in [0, 0.1) is 11.3 Å². The smallest absolute Gasteiger partial charge is 0.416 e. The van der Waals surface area contributed by atoms with E-state index in [1.54, 1.807) is 6.07 Å². The molecule has 0 unspecified atom stereocenters. The Hall–Kier alpha value is -1.74. The van der Waals surface area contributed by atoms with Crippen molar-refractivity contribution in [2.24, 2.45) is 0 Å². The van der Waals surface area contributed by atoms with Gasteiger partial charge in [0.15, 0.2) is 0 Å². The fourth-order valence-corrected chi connectivity index (χ4v) is 1.71. The normalized spacial score (nSPS) is 10.9. The highest BCUT2D eigenvalue weighted by Gasteiger charge is 2.35. The van der Waals surface area contributed by atoms with Crippen LogP contribution >= 0.6 is 11.6 Å². The molecule has 0 aromatic heterocycles. The standard InChI is InChI=1S/C11H7ClF3NO2/c1-18-10(17)7-2-6(5-16)3-9(8(7)4-12)11(13,14)15/h2-3H,4H2,1H3. The highest BCUT2D eigenvalue weighted by Crippen LogP contribution is 2.35. The molecule has 0 saturated heterocycles. The summed E-state index contributed by atoms with van der Waals surface area (Å²) in [7, 11) is 1.03. The topological polar surface area (TPSA) is 50.1 Å². The zero-order valence-electron chi connectivity index (χ0n) is 9.14. The summed E-state index contributed by atoms with van der Waals surface area (Å²) in [5.41, 5.74) is -2.12. The third kappa shape index (κ3) is 2.74. The van der Waals surface area contributed by atoms with Crippen LogP contribution in [0.3, 0.4) is 0 Å². The predicted octanol–water partition coefficient (Wildman–Crippen LogP) is 3.10. The molecule has 0 atom stereocenters. The Morgan fingerprint density at radius 2 is 2.11 bits per heavy atom. The first-order valence-corrected chi connectivity index (χ1v) is 5.17. The van der Waals surface area contributed by atoms with Gasteiger partial charge in [0.2, 0.25) is 0 Å². The van der Waals surface area contributed by atoms with Crippen LogP contribution in [0.15, 0.2) is 12.1 Å². The van der Waals surface area contributed by atoms with Gasteiger partial charge in [-0.1, -0.05) is 0 Å². The van der Waals surface area contributed by atoms with E-state index in [-0.39, 0.29) is 11.1 Å². The summed E-state index contributed by atoms with van der Waals surface area (Å²) in [6.07, 6.45) is -4.69. The van der Waals surface area contributed by atoms with Gasteiger partial charge in [-0.25, -0.2) is 4.79 Å². The Morgan fingerprint density at radius 3 is 2.50 bits per heavy atom. The van der Waals surface area contributed by atoms with Crippen LogP contribution < -0.4 is 0 Å². The number of halogens is 4. The Bertz CT molecular complexity index is 520. The van der Waals surface area contributed by atoms with Gasteiger partial charge in [-0.3, -0.25) is 0 Å². The molecule has 3 nitrogen and oxygen atoms in total. The molecule has 0 spiro atoms. The number of nitrogens with zero attached hydrogens (tertiary/aromatic N) is 1. The minimum atomic E-state index is -4.69. The summed E-state index contributed by atoms with van der Waals surface area (Å²) in [6, 6.07) is 3.24. The van der Waals surface area contributed by atoms with Crippen LogP contribution in [0.5, 0.6) is 0 Å². The van der Waals surface area contributed by atoms with Crippen LogP contribution in [0.25, 0.3) is 0 Å². The molecule has 0 radical (unpaired) electrons. The SMILES string of the molecule is COC(=O)c1cc(C#N)cc(C(F)(F)F)c1CCl. The van der Waals surface area contributed by atoms with Crippen molar-refractivity contribution in [1.82, 2.24) is 0 Å². The van der Waals surface area contributed by atoms with Crippen molar-refractivity contribution >= 4 is 17.6 Å². The molecule has 0 N–H and O–H groups in total. The summed E-state index contributed by atoms with van der Waals surface area (Å²) in [5, 5.41) is 8.67. The number of esters is 1. The van der Waals surface area contributed by atoms with Crippen LogP contribution in [-0.2, 0) is 16.8 Å². The third-order valence-electron chi connectivity index (χ3n) is 2.22.